The lowest BCUT2D eigenvalue weighted by molar-refractivity contribution is -0.147. The van der Waals surface area contributed by atoms with Gasteiger partial charge in [0.15, 0.2) is 0 Å². The van der Waals surface area contributed by atoms with Gasteiger partial charge < -0.3 is 5.73 Å². The van der Waals surface area contributed by atoms with Crippen LogP contribution in [0.5, 0.6) is 0 Å². The van der Waals surface area contributed by atoms with E-state index in [4.69, 9.17) is 30.2 Å². The lowest BCUT2D eigenvalue weighted by Crippen LogP contribution is -2.15. The molecule has 0 fully saturated rings. The number of thiocarbonyl (C=S) groups is 1. The first-order valence-corrected chi connectivity index (χ1v) is 7.42. The van der Waals surface area contributed by atoms with Crippen molar-refractivity contribution in [1.29, 1.82) is 0 Å². The Morgan fingerprint density at radius 2 is 1.78 bits per heavy atom. The third kappa shape index (κ3) is 2.90. The summed E-state index contributed by atoms with van der Waals surface area (Å²) in [7, 11) is 1.25. The number of rotatable bonds is 2. The standard InChI is InChI=1S/C14H15F3N4S2/c1-6-5-9(11(18)22)7(2)8(3)10(6)21-13(23)20(4)12(19-21)14(15,16)17/h5H,1-4H3,(H2,18,22). The zero-order chi connectivity index (χ0) is 17.7. The van der Waals surface area contributed by atoms with Crippen molar-refractivity contribution in [3.05, 3.63) is 38.9 Å². The molecule has 0 aliphatic carbocycles. The van der Waals surface area contributed by atoms with Crippen molar-refractivity contribution < 1.29 is 13.2 Å². The van der Waals surface area contributed by atoms with Gasteiger partial charge in [-0.25, -0.2) is 4.68 Å². The van der Waals surface area contributed by atoms with Gasteiger partial charge in [-0.05, 0) is 55.7 Å². The molecule has 0 radical (unpaired) electrons. The van der Waals surface area contributed by atoms with Crippen LogP contribution in [0.15, 0.2) is 6.07 Å². The van der Waals surface area contributed by atoms with Crippen LogP contribution in [0.2, 0.25) is 0 Å². The molecule has 0 spiro atoms. The van der Waals surface area contributed by atoms with Gasteiger partial charge in [0, 0.05) is 12.6 Å². The highest BCUT2D eigenvalue weighted by Gasteiger charge is 2.37. The fourth-order valence-electron chi connectivity index (χ4n) is 2.48. The summed E-state index contributed by atoms with van der Waals surface area (Å²) < 4.78 is 41.0. The van der Waals surface area contributed by atoms with E-state index in [9.17, 15) is 13.2 Å². The Balaban J connectivity index is 2.82. The van der Waals surface area contributed by atoms with E-state index in [0.29, 0.717) is 16.8 Å². The summed E-state index contributed by atoms with van der Waals surface area (Å²) in [6.07, 6.45) is -4.58. The molecule has 124 valence electrons. The number of halogens is 3. The first kappa shape index (κ1) is 17.6. The number of benzene rings is 1. The van der Waals surface area contributed by atoms with E-state index < -0.39 is 12.0 Å². The molecule has 9 heteroatoms. The SMILES string of the molecule is Cc1cc(C(N)=S)c(C)c(C)c1-n1nc(C(F)(F)F)n(C)c1=S. The van der Waals surface area contributed by atoms with Crippen LogP contribution >= 0.6 is 24.4 Å². The van der Waals surface area contributed by atoms with E-state index in [1.54, 1.807) is 19.9 Å². The number of hydrogen-bond donors (Lipinski definition) is 1. The highest BCUT2D eigenvalue weighted by Crippen LogP contribution is 2.30. The van der Waals surface area contributed by atoms with Gasteiger partial charge in [-0.2, -0.15) is 13.2 Å². The maximum absolute atomic E-state index is 13.0. The molecule has 1 heterocycles. The van der Waals surface area contributed by atoms with Crippen molar-refractivity contribution in [1.82, 2.24) is 14.3 Å². The third-order valence-electron chi connectivity index (χ3n) is 3.77. The fraction of sp³-hybridized carbons (Fsp3) is 0.357. The summed E-state index contributed by atoms with van der Waals surface area (Å²) in [5, 5.41) is 3.67. The molecule has 0 aliphatic rings. The molecule has 1 aromatic carbocycles. The smallest absolute Gasteiger partial charge is 0.389 e. The minimum Gasteiger partial charge on any atom is -0.389 e. The second-order valence-electron chi connectivity index (χ2n) is 5.28. The van der Waals surface area contributed by atoms with Crippen LogP contribution in [0.4, 0.5) is 13.2 Å². The van der Waals surface area contributed by atoms with E-state index in [0.717, 1.165) is 20.4 Å². The number of hydrogen-bond acceptors (Lipinski definition) is 3. The number of alkyl halides is 3. The normalized spacial score (nSPS) is 11.8. The van der Waals surface area contributed by atoms with Crippen LogP contribution in [-0.2, 0) is 13.2 Å². The quantitative estimate of drug-likeness (QED) is 0.833. The maximum Gasteiger partial charge on any atom is 0.451 e. The predicted molar refractivity (Wildman–Crippen MR) is 88.5 cm³/mol. The summed E-state index contributed by atoms with van der Waals surface area (Å²) in [4.78, 5) is 0.237. The van der Waals surface area contributed by atoms with Crippen LogP contribution in [0, 0.1) is 25.5 Å². The molecule has 0 bridgehead atoms. The van der Waals surface area contributed by atoms with Crippen molar-refractivity contribution in [2.45, 2.75) is 26.9 Å². The van der Waals surface area contributed by atoms with Gasteiger partial charge in [0.2, 0.25) is 10.6 Å². The van der Waals surface area contributed by atoms with Crippen molar-refractivity contribution in [2.24, 2.45) is 12.8 Å². The zero-order valence-corrected chi connectivity index (χ0v) is 14.6. The molecule has 23 heavy (non-hydrogen) atoms. The van der Waals surface area contributed by atoms with Gasteiger partial charge in [-0.1, -0.05) is 12.2 Å². The van der Waals surface area contributed by atoms with Crippen molar-refractivity contribution in [2.75, 3.05) is 0 Å². The highest BCUT2D eigenvalue weighted by molar-refractivity contribution is 7.80. The minimum absolute atomic E-state index is 0.0361. The van der Waals surface area contributed by atoms with E-state index in [2.05, 4.69) is 5.10 Å². The van der Waals surface area contributed by atoms with Gasteiger partial charge in [-0.15, -0.1) is 5.10 Å². The van der Waals surface area contributed by atoms with E-state index >= 15 is 0 Å². The van der Waals surface area contributed by atoms with Crippen LogP contribution in [0.25, 0.3) is 5.69 Å². The van der Waals surface area contributed by atoms with Crippen molar-refractivity contribution in [3.8, 4) is 5.69 Å². The largest absolute Gasteiger partial charge is 0.451 e. The predicted octanol–water partition coefficient (Wildman–Crippen LogP) is 3.52. The monoisotopic (exact) mass is 360 g/mol. The van der Waals surface area contributed by atoms with Crippen molar-refractivity contribution >= 4 is 29.4 Å². The third-order valence-corrected chi connectivity index (χ3v) is 4.43. The minimum atomic E-state index is -4.58. The first-order valence-electron chi connectivity index (χ1n) is 6.61. The Morgan fingerprint density at radius 1 is 1.22 bits per heavy atom. The van der Waals surface area contributed by atoms with E-state index in [-0.39, 0.29) is 9.76 Å². The average molecular weight is 360 g/mol. The average Bonchev–Trinajstić information content (AvgIpc) is 2.71. The van der Waals surface area contributed by atoms with E-state index in [1.165, 1.54) is 7.05 Å². The molecule has 0 saturated heterocycles. The zero-order valence-electron chi connectivity index (χ0n) is 12.9. The Morgan fingerprint density at radius 3 is 2.22 bits per heavy atom. The number of nitrogens with two attached hydrogens (primary N) is 1. The molecule has 0 unspecified atom stereocenters. The molecule has 0 amide bonds. The summed E-state index contributed by atoms with van der Waals surface area (Å²) >= 11 is 10.1. The molecule has 2 rings (SSSR count). The molecule has 0 aliphatic heterocycles. The topological polar surface area (TPSA) is 48.8 Å². The Kier molecular flexibility index (Phi) is 4.38. The Bertz CT molecular complexity index is 862. The van der Waals surface area contributed by atoms with Gasteiger partial charge in [-0.3, -0.25) is 4.57 Å². The molecule has 0 atom stereocenters. The molecule has 1 aromatic heterocycles. The Hall–Kier alpha value is -1.74. The lowest BCUT2D eigenvalue weighted by Gasteiger charge is -2.15. The molecular formula is C14H15F3N4S2. The number of nitrogens with zero attached hydrogens (tertiary/aromatic N) is 3. The lowest BCUT2D eigenvalue weighted by atomic mass is 9.97. The van der Waals surface area contributed by atoms with Crippen LogP contribution < -0.4 is 5.73 Å². The second kappa shape index (κ2) is 5.72. The second-order valence-corrected chi connectivity index (χ2v) is 6.08. The molecular weight excluding hydrogens is 345 g/mol. The van der Waals surface area contributed by atoms with Gasteiger partial charge in [0.25, 0.3) is 0 Å². The number of aryl methyl sites for hydroxylation is 1. The molecule has 4 nitrogen and oxygen atoms in total. The maximum atomic E-state index is 13.0. The van der Waals surface area contributed by atoms with Gasteiger partial charge in [0.05, 0.1) is 5.69 Å². The summed E-state index contributed by atoms with van der Waals surface area (Å²) in [5.41, 5.74) is 9.11. The summed E-state index contributed by atoms with van der Waals surface area (Å²) in [5.74, 6) is -1.04. The van der Waals surface area contributed by atoms with Crippen molar-refractivity contribution in [3.63, 3.8) is 0 Å². The molecule has 2 aromatic rings. The Labute approximate surface area is 141 Å². The highest BCUT2D eigenvalue weighted by atomic mass is 32.1. The summed E-state index contributed by atoms with van der Waals surface area (Å²) in [6.45, 7) is 5.35. The van der Waals surface area contributed by atoms with Crippen LogP contribution in [0.1, 0.15) is 28.1 Å². The fourth-order valence-corrected chi connectivity index (χ4v) is 2.91. The van der Waals surface area contributed by atoms with Gasteiger partial charge >= 0.3 is 6.18 Å². The van der Waals surface area contributed by atoms with Crippen LogP contribution in [-0.4, -0.2) is 19.3 Å². The first-order chi connectivity index (χ1) is 10.5. The van der Waals surface area contributed by atoms with Gasteiger partial charge in [0.1, 0.15) is 4.99 Å². The summed E-state index contributed by atoms with van der Waals surface area (Å²) in [6, 6.07) is 1.74. The number of aromatic nitrogens is 3. The molecule has 0 saturated carbocycles. The molecule has 2 N–H and O–H groups in total. The van der Waals surface area contributed by atoms with E-state index in [1.807, 2.05) is 6.92 Å². The van der Waals surface area contributed by atoms with Crippen LogP contribution in [0.3, 0.4) is 0 Å².